The van der Waals surface area contributed by atoms with Crippen molar-refractivity contribution in [3.8, 4) is 18.4 Å². The number of aromatic nitrogens is 1. The van der Waals surface area contributed by atoms with Crippen LogP contribution in [-0.4, -0.2) is 34.9 Å². The molecule has 156 valence electrons. The van der Waals surface area contributed by atoms with Gasteiger partial charge in [-0.2, -0.15) is 18.4 Å². The van der Waals surface area contributed by atoms with Crippen LogP contribution in [0.2, 0.25) is 0 Å². The first kappa shape index (κ1) is 21.8. The van der Waals surface area contributed by atoms with Gasteiger partial charge in [-0.05, 0) is 37.1 Å². The van der Waals surface area contributed by atoms with Crippen LogP contribution in [0.3, 0.4) is 0 Å². The molecule has 0 aliphatic carbocycles. The highest BCUT2D eigenvalue weighted by molar-refractivity contribution is 7.15. The van der Waals surface area contributed by atoms with E-state index in [9.17, 15) is 18.0 Å². The minimum Gasteiger partial charge on any atom is -0.301 e. The maximum atomic E-state index is 13.4. The highest BCUT2D eigenvalue weighted by Gasteiger charge is 2.34. The summed E-state index contributed by atoms with van der Waals surface area (Å²) in [5.41, 5.74) is -0.837. The quantitative estimate of drug-likeness (QED) is 0.724. The number of anilines is 1. The topological polar surface area (TPSA) is 69.0 Å². The molecule has 30 heavy (non-hydrogen) atoms. The van der Waals surface area contributed by atoms with Crippen LogP contribution >= 0.6 is 11.3 Å². The van der Waals surface area contributed by atoms with Gasteiger partial charge in [0.2, 0.25) is 5.91 Å². The summed E-state index contributed by atoms with van der Waals surface area (Å²) in [5, 5.41) is 12.0. The molecule has 2 heterocycles. The molecule has 9 heteroatoms. The van der Waals surface area contributed by atoms with Crippen molar-refractivity contribution in [1.29, 1.82) is 5.26 Å². The molecule has 5 nitrogen and oxygen atoms in total. The summed E-state index contributed by atoms with van der Waals surface area (Å²) in [6.07, 6.45) is 4.89. The number of thiazole rings is 1. The first-order valence-corrected chi connectivity index (χ1v) is 10.2. The van der Waals surface area contributed by atoms with Crippen LogP contribution in [0.4, 0.5) is 18.3 Å². The van der Waals surface area contributed by atoms with Gasteiger partial charge in [-0.25, -0.2) is 4.98 Å². The first-order valence-electron chi connectivity index (χ1n) is 9.35. The van der Waals surface area contributed by atoms with E-state index in [1.165, 1.54) is 18.3 Å². The lowest BCUT2D eigenvalue weighted by Crippen LogP contribution is -2.47. The zero-order chi connectivity index (χ0) is 21.7. The lowest BCUT2D eigenvalue weighted by atomic mass is 10.0. The van der Waals surface area contributed by atoms with Crippen LogP contribution in [0.25, 0.3) is 0 Å². The van der Waals surface area contributed by atoms with Gasteiger partial charge in [0, 0.05) is 17.5 Å². The second-order valence-corrected chi connectivity index (χ2v) is 8.08. The number of carbonyl (C=O) groups excluding carboxylic acids is 1. The summed E-state index contributed by atoms with van der Waals surface area (Å²) in [6, 6.07) is 4.90. The van der Waals surface area contributed by atoms with Crippen LogP contribution in [0, 0.1) is 23.7 Å². The zero-order valence-corrected chi connectivity index (χ0v) is 16.8. The van der Waals surface area contributed by atoms with Gasteiger partial charge in [0.15, 0.2) is 5.13 Å². The van der Waals surface area contributed by atoms with Crippen LogP contribution < -0.4 is 5.32 Å². The van der Waals surface area contributed by atoms with Crippen molar-refractivity contribution in [2.24, 2.45) is 0 Å². The molecular formula is C21H19F3N4OS. The molecule has 0 bridgehead atoms. The highest BCUT2D eigenvalue weighted by atomic mass is 32.1. The van der Waals surface area contributed by atoms with Crippen molar-refractivity contribution >= 4 is 22.4 Å². The molecule has 1 unspecified atom stereocenters. The van der Waals surface area contributed by atoms with Gasteiger partial charge in [0.1, 0.15) is 0 Å². The average Bonchev–Trinajstić information content (AvgIpc) is 3.14. The Morgan fingerprint density at radius 2 is 2.20 bits per heavy atom. The number of hydrogen-bond acceptors (Lipinski definition) is 5. The molecule has 1 saturated heterocycles. The van der Waals surface area contributed by atoms with Gasteiger partial charge < -0.3 is 5.32 Å². The van der Waals surface area contributed by atoms with Gasteiger partial charge >= 0.3 is 6.18 Å². The van der Waals surface area contributed by atoms with E-state index in [1.54, 1.807) is 6.07 Å². The molecule has 1 amide bonds. The molecule has 1 aromatic heterocycles. The smallest absolute Gasteiger partial charge is 0.301 e. The van der Waals surface area contributed by atoms with Crippen LogP contribution in [0.15, 0.2) is 24.4 Å². The molecule has 1 aromatic carbocycles. The summed E-state index contributed by atoms with van der Waals surface area (Å²) >= 11 is 1.13. The second kappa shape index (κ2) is 9.29. The van der Waals surface area contributed by atoms with Gasteiger partial charge in [0.05, 0.1) is 29.8 Å². The average molecular weight is 432 g/mol. The highest BCUT2D eigenvalue weighted by Crippen LogP contribution is 2.34. The van der Waals surface area contributed by atoms with Gasteiger partial charge in [-0.15, -0.1) is 17.8 Å². The number of hydrogen-bond donors (Lipinski definition) is 1. The van der Waals surface area contributed by atoms with Crippen molar-refractivity contribution < 1.29 is 18.0 Å². The fourth-order valence-corrected chi connectivity index (χ4v) is 4.32. The number of piperidine rings is 1. The standard InChI is InChI=1S/C21H19F3N4OS/c1-2-8-28-9-4-3-5-18(28)19(29)27-20-26-13-16(30-20)11-15-7-6-14(12-25)10-17(15)21(22,23)24/h1,6-7,10,13,18H,3-5,8-9,11H2,(H,26,27,29). The summed E-state index contributed by atoms with van der Waals surface area (Å²) in [7, 11) is 0. The molecule has 1 fully saturated rings. The molecule has 0 spiro atoms. The third-order valence-electron chi connectivity index (χ3n) is 4.90. The number of rotatable bonds is 5. The van der Waals surface area contributed by atoms with Gasteiger partial charge in [0.25, 0.3) is 0 Å². The molecule has 1 aliphatic rings. The Kier molecular flexibility index (Phi) is 6.76. The number of likely N-dealkylation sites (tertiary alicyclic amines) is 1. The number of nitriles is 1. The van der Waals surface area contributed by atoms with Gasteiger partial charge in [-0.1, -0.05) is 18.4 Å². The molecule has 0 radical (unpaired) electrons. The number of benzene rings is 1. The lowest BCUT2D eigenvalue weighted by Gasteiger charge is -2.32. The van der Waals surface area contributed by atoms with Crippen LogP contribution in [-0.2, 0) is 17.4 Å². The Hall–Kier alpha value is -2.88. The minimum atomic E-state index is -4.56. The van der Waals surface area contributed by atoms with Gasteiger partial charge in [-0.3, -0.25) is 9.69 Å². The van der Waals surface area contributed by atoms with E-state index in [-0.39, 0.29) is 29.5 Å². The van der Waals surface area contributed by atoms with E-state index in [0.29, 0.717) is 23.0 Å². The summed E-state index contributed by atoms with van der Waals surface area (Å²) < 4.78 is 40.1. The van der Waals surface area contributed by atoms with E-state index in [1.807, 2.05) is 4.90 Å². The second-order valence-electron chi connectivity index (χ2n) is 6.97. The Bertz CT molecular complexity index is 1000. The summed E-state index contributed by atoms with van der Waals surface area (Å²) in [4.78, 5) is 19.3. The zero-order valence-electron chi connectivity index (χ0n) is 16.0. The Morgan fingerprint density at radius 3 is 2.90 bits per heavy atom. The lowest BCUT2D eigenvalue weighted by molar-refractivity contribution is -0.138. The molecule has 1 aliphatic heterocycles. The number of carbonyl (C=O) groups is 1. The van der Waals surface area contributed by atoms with E-state index in [4.69, 9.17) is 11.7 Å². The van der Waals surface area contributed by atoms with Crippen LogP contribution in [0.5, 0.6) is 0 Å². The minimum absolute atomic E-state index is 0.000730. The van der Waals surface area contributed by atoms with Crippen molar-refractivity contribution in [2.75, 3.05) is 18.4 Å². The Morgan fingerprint density at radius 1 is 1.40 bits per heavy atom. The van der Waals surface area contributed by atoms with Crippen molar-refractivity contribution in [2.45, 2.75) is 37.9 Å². The summed E-state index contributed by atoms with van der Waals surface area (Å²) in [5.74, 6) is 2.36. The fraction of sp³-hybridized carbons (Fsp3) is 0.381. The largest absolute Gasteiger partial charge is 0.416 e. The third-order valence-corrected chi connectivity index (χ3v) is 5.82. The fourth-order valence-electron chi connectivity index (χ4n) is 3.48. The van der Waals surface area contributed by atoms with Crippen molar-refractivity contribution in [3.63, 3.8) is 0 Å². The molecule has 0 saturated carbocycles. The maximum absolute atomic E-state index is 13.4. The normalized spacial score (nSPS) is 17.2. The predicted octanol–water partition coefficient (Wildman–Crippen LogP) is 4.05. The molecular weight excluding hydrogens is 413 g/mol. The predicted molar refractivity (Wildman–Crippen MR) is 108 cm³/mol. The number of nitrogens with one attached hydrogen (secondary N) is 1. The molecule has 1 atom stereocenters. The van der Waals surface area contributed by atoms with Crippen LogP contribution in [0.1, 0.15) is 40.8 Å². The maximum Gasteiger partial charge on any atom is 0.416 e. The van der Waals surface area contributed by atoms with E-state index in [0.717, 1.165) is 36.8 Å². The van der Waals surface area contributed by atoms with Crippen molar-refractivity contribution in [1.82, 2.24) is 9.88 Å². The monoisotopic (exact) mass is 432 g/mol. The number of terminal acetylenes is 1. The first-order chi connectivity index (χ1) is 14.3. The Labute approximate surface area is 176 Å². The summed E-state index contributed by atoms with van der Waals surface area (Å²) in [6.45, 7) is 1.14. The van der Waals surface area contributed by atoms with E-state index >= 15 is 0 Å². The number of alkyl halides is 3. The molecule has 3 rings (SSSR count). The SMILES string of the molecule is C#CCN1CCCCC1C(=O)Nc1ncc(Cc2ccc(C#N)cc2C(F)(F)F)s1. The number of halogens is 3. The number of nitrogens with zero attached hydrogens (tertiary/aromatic N) is 3. The van der Waals surface area contributed by atoms with Crippen molar-refractivity contribution in [3.05, 3.63) is 46.0 Å². The third kappa shape index (κ3) is 5.18. The van der Waals surface area contributed by atoms with E-state index in [2.05, 4.69) is 16.2 Å². The number of amides is 1. The molecule has 2 aromatic rings. The molecule has 1 N–H and O–H groups in total. The Balaban J connectivity index is 1.72. The van der Waals surface area contributed by atoms with E-state index < -0.39 is 11.7 Å².